The predicted octanol–water partition coefficient (Wildman–Crippen LogP) is 3.84. The molecule has 0 unspecified atom stereocenters. The smallest absolute Gasteiger partial charge is 0.312 e. The van der Waals surface area contributed by atoms with E-state index in [1.165, 1.54) is 13.2 Å². The van der Waals surface area contributed by atoms with E-state index in [4.69, 9.17) is 18.9 Å². The topological polar surface area (TPSA) is 91.3 Å². The highest BCUT2D eigenvalue weighted by Crippen LogP contribution is 2.49. The minimum absolute atomic E-state index is 0.00760. The van der Waals surface area contributed by atoms with Crippen molar-refractivity contribution in [2.24, 2.45) is 0 Å². The van der Waals surface area contributed by atoms with Gasteiger partial charge in [0, 0.05) is 17.0 Å². The molecule has 0 saturated carbocycles. The predicted molar refractivity (Wildman–Crippen MR) is 114 cm³/mol. The highest BCUT2D eigenvalue weighted by atomic mass is 16.6. The number of esters is 1. The zero-order valence-corrected chi connectivity index (χ0v) is 17.3. The third kappa shape index (κ3) is 3.32. The number of carbonyl (C=O) groups is 2. The van der Waals surface area contributed by atoms with E-state index in [1.807, 2.05) is 6.07 Å². The lowest BCUT2D eigenvalue weighted by Gasteiger charge is -2.28. The van der Waals surface area contributed by atoms with Gasteiger partial charge in [-0.05, 0) is 29.8 Å². The van der Waals surface area contributed by atoms with E-state index in [9.17, 15) is 14.7 Å². The summed E-state index contributed by atoms with van der Waals surface area (Å²) in [5.74, 6) is 0.178. The van der Waals surface area contributed by atoms with Crippen molar-refractivity contribution in [3.8, 4) is 28.7 Å². The monoisotopic (exact) mass is 432 g/mol. The fourth-order valence-electron chi connectivity index (χ4n) is 4.16. The van der Waals surface area contributed by atoms with Crippen molar-refractivity contribution in [2.75, 3.05) is 20.3 Å². The van der Waals surface area contributed by atoms with Crippen LogP contribution >= 0.6 is 0 Å². The third-order valence-electron chi connectivity index (χ3n) is 5.65. The quantitative estimate of drug-likeness (QED) is 0.380. The average molecular weight is 432 g/mol. The van der Waals surface area contributed by atoms with E-state index >= 15 is 0 Å². The first-order valence-corrected chi connectivity index (χ1v) is 10.2. The minimum atomic E-state index is -0.556. The molecule has 2 heterocycles. The molecule has 1 N–H and O–H groups in total. The number of ether oxygens (including phenoxy) is 4. The summed E-state index contributed by atoms with van der Waals surface area (Å²) in [5, 5.41) is 11.1. The van der Waals surface area contributed by atoms with Crippen LogP contribution in [-0.4, -0.2) is 37.2 Å². The summed E-state index contributed by atoms with van der Waals surface area (Å²) in [6, 6.07) is 15.3. The van der Waals surface area contributed by atoms with Gasteiger partial charge < -0.3 is 24.1 Å². The maximum atomic E-state index is 13.0. The van der Waals surface area contributed by atoms with E-state index in [2.05, 4.69) is 0 Å². The molecule has 3 aromatic carbocycles. The van der Waals surface area contributed by atoms with E-state index in [0.717, 1.165) is 0 Å². The van der Waals surface area contributed by atoms with Crippen molar-refractivity contribution in [3.63, 3.8) is 0 Å². The van der Waals surface area contributed by atoms with Gasteiger partial charge in [-0.2, -0.15) is 0 Å². The normalized spacial score (nSPS) is 16.7. The number of ketones is 1. The summed E-state index contributed by atoms with van der Waals surface area (Å²) in [5.41, 5.74) is 1.66. The molecule has 7 nitrogen and oxygen atoms in total. The molecule has 162 valence electrons. The van der Waals surface area contributed by atoms with Crippen LogP contribution in [0.5, 0.6) is 28.7 Å². The van der Waals surface area contributed by atoms with Crippen molar-refractivity contribution < 1.29 is 33.6 Å². The van der Waals surface area contributed by atoms with Crippen molar-refractivity contribution in [1.29, 1.82) is 0 Å². The van der Waals surface area contributed by atoms with Gasteiger partial charge in [0.2, 0.25) is 5.75 Å². The van der Waals surface area contributed by atoms with Crippen LogP contribution in [0.3, 0.4) is 0 Å². The molecule has 7 heteroatoms. The molecule has 3 aromatic rings. The van der Waals surface area contributed by atoms with Gasteiger partial charge in [-0.15, -0.1) is 0 Å². The Bertz CT molecular complexity index is 1200. The summed E-state index contributed by atoms with van der Waals surface area (Å²) in [6.07, 6.45) is -0.00760. The van der Waals surface area contributed by atoms with Gasteiger partial charge in [0.05, 0.1) is 19.1 Å². The summed E-state index contributed by atoms with van der Waals surface area (Å²) in [6.45, 7) is 0.802. The molecule has 0 spiro atoms. The molecule has 0 aromatic heterocycles. The minimum Gasteiger partial charge on any atom is -0.507 e. The molecule has 0 bridgehead atoms. The molecule has 32 heavy (non-hydrogen) atoms. The lowest BCUT2D eigenvalue weighted by molar-refractivity contribution is -0.135. The molecule has 0 saturated heterocycles. The number of aromatic hydroxyl groups is 1. The molecule has 5 rings (SSSR count). The third-order valence-corrected chi connectivity index (χ3v) is 5.65. The zero-order valence-electron chi connectivity index (χ0n) is 17.3. The SMILES string of the molecule is COc1cc([C@H]2CC(=O)Oc3ccc(C(=O)c4ccccc4)c(O)c32)cc2c1OCCO2. The Morgan fingerprint density at radius 2 is 1.81 bits per heavy atom. The lowest BCUT2D eigenvalue weighted by Crippen LogP contribution is -2.22. The summed E-state index contributed by atoms with van der Waals surface area (Å²) < 4.78 is 22.2. The Kier molecular flexibility index (Phi) is 4.93. The molecule has 0 amide bonds. The molecule has 1 atom stereocenters. The molecule has 0 fully saturated rings. The average Bonchev–Trinajstić information content (AvgIpc) is 2.83. The molecular weight excluding hydrogens is 412 g/mol. The van der Waals surface area contributed by atoms with Gasteiger partial charge >= 0.3 is 5.97 Å². The maximum absolute atomic E-state index is 13.0. The van der Waals surface area contributed by atoms with Gasteiger partial charge in [0.15, 0.2) is 17.3 Å². The summed E-state index contributed by atoms with van der Waals surface area (Å²) in [7, 11) is 1.52. The number of fused-ring (bicyclic) bond motifs is 2. The highest BCUT2D eigenvalue weighted by molar-refractivity contribution is 6.11. The van der Waals surface area contributed by atoms with Gasteiger partial charge in [-0.1, -0.05) is 30.3 Å². The first kappa shape index (κ1) is 19.9. The molecule has 2 aliphatic heterocycles. The van der Waals surface area contributed by atoms with Gasteiger partial charge in [-0.3, -0.25) is 9.59 Å². The number of hydrogen-bond acceptors (Lipinski definition) is 7. The molecule has 2 aliphatic rings. The van der Waals surface area contributed by atoms with Crippen LogP contribution in [0.1, 0.15) is 39.4 Å². The Morgan fingerprint density at radius 3 is 2.59 bits per heavy atom. The van der Waals surface area contributed by atoms with Crippen LogP contribution in [0.2, 0.25) is 0 Å². The first-order chi connectivity index (χ1) is 15.6. The molecule has 0 radical (unpaired) electrons. The lowest BCUT2D eigenvalue weighted by atomic mass is 9.83. The van der Waals surface area contributed by atoms with Crippen molar-refractivity contribution in [2.45, 2.75) is 12.3 Å². The highest BCUT2D eigenvalue weighted by Gasteiger charge is 2.35. The van der Waals surface area contributed by atoms with E-state index in [1.54, 1.807) is 42.5 Å². The Morgan fingerprint density at radius 1 is 1.03 bits per heavy atom. The first-order valence-electron chi connectivity index (χ1n) is 10.2. The largest absolute Gasteiger partial charge is 0.507 e. The van der Waals surface area contributed by atoms with Gasteiger partial charge in [0.25, 0.3) is 0 Å². The van der Waals surface area contributed by atoms with Crippen LogP contribution in [0, 0.1) is 0 Å². The van der Waals surface area contributed by atoms with Gasteiger partial charge in [0.1, 0.15) is 24.7 Å². The Hall–Kier alpha value is -4.00. The van der Waals surface area contributed by atoms with Crippen LogP contribution < -0.4 is 18.9 Å². The van der Waals surface area contributed by atoms with Gasteiger partial charge in [-0.25, -0.2) is 0 Å². The fraction of sp³-hybridized carbons (Fsp3) is 0.200. The van der Waals surface area contributed by atoms with Crippen LogP contribution in [0.4, 0.5) is 0 Å². The van der Waals surface area contributed by atoms with Crippen molar-refractivity contribution >= 4 is 11.8 Å². The summed E-state index contributed by atoms with van der Waals surface area (Å²) in [4.78, 5) is 25.4. The fourth-order valence-corrected chi connectivity index (χ4v) is 4.16. The number of methoxy groups -OCH3 is 1. The second-order valence-corrected chi connectivity index (χ2v) is 7.55. The number of hydrogen-bond donors (Lipinski definition) is 1. The number of carbonyl (C=O) groups excluding carboxylic acids is 2. The molecular formula is C25H20O7. The number of phenolic OH excluding ortho intramolecular Hbond substituents is 1. The zero-order chi connectivity index (χ0) is 22.2. The van der Waals surface area contributed by atoms with E-state index < -0.39 is 11.9 Å². The van der Waals surface area contributed by atoms with Crippen LogP contribution in [0.25, 0.3) is 0 Å². The van der Waals surface area contributed by atoms with Crippen LogP contribution in [0.15, 0.2) is 54.6 Å². The maximum Gasteiger partial charge on any atom is 0.312 e. The second kappa shape index (κ2) is 7.92. The Labute approximate surface area is 184 Å². The van der Waals surface area contributed by atoms with E-state index in [0.29, 0.717) is 47.2 Å². The Balaban J connectivity index is 1.64. The summed E-state index contributed by atoms with van der Waals surface area (Å²) >= 11 is 0. The van der Waals surface area contributed by atoms with E-state index in [-0.39, 0.29) is 29.3 Å². The molecule has 0 aliphatic carbocycles. The standard InChI is InChI=1S/C25H20O7/c1-29-19-11-15(12-20-25(19)31-10-9-30-20)17-13-21(26)32-18-8-7-16(24(28)22(17)18)23(27)14-5-3-2-4-6-14/h2-8,11-12,17,28H,9-10,13H2,1H3/t17-/m1/s1. The van der Waals surface area contributed by atoms with Crippen molar-refractivity contribution in [1.82, 2.24) is 0 Å². The number of benzene rings is 3. The second-order valence-electron chi connectivity index (χ2n) is 7.55. The van der Waals surface area contributed by atoms with Crippen LogP contribution in [-0.2, 0) is 4.79 Å². The number of rotatable bonds is 4. The van der Waals surface area contributed by atoms with Crippen molar-refractivity contribution in [3.05, 3.63) is 76.9 Å². The number of phenols is 1.